The summed E-state index contributed by atoms with van der Waals surface area (Å²) >= 11 is 3.93. The number of aromatic nitrogens is 1. The second-order valence-corrected chi connectivity index (χ2v) is 6.14. The van der Waals surface area contributed by atoms with Crippen LogP contribution in [0.15, 0.2) is 28.9 Å². The largest absolute Gasteiger partial charge is 0.443 e. The number of hydrogen-bond acceptors (Lipinski definition) is 4. The molecule has 1 unspecified atom stereocenters. The fourth-order valence-electron chi connectivity index (χ4n) is 1.80. The zero-order valence-electron chi connectivity index (χ0n) is 10.3. The number of nitrogens with two attached hydrogens (primary N) is 1. The standard InChI is InChI=1S/C12H11BrF3N3S/c1-6-2-3-7(13)4-8(6)10(19-17)9-5-18-11(20-9)12(14,15)16/h2-5,10,19H,17H2,1H3. The Morgan fingerprint density at radius 1 is 1.40 bits per heavy atom. The first kappa shape index (κ1) is 15.4. The summed E-state index contributed by atoms with van der Waals surface area (Å²) in [4.78, 5) is 3.84. The Bertz CT molecular complexity index is 612. The van der Waals surface area contributed by atoms with Crippen molar-refractivity contribution in [2.24, 2.45) is 5.84 Å². The van der Waals surface area contributed by atoms with Crippen LogP contribution in [0.5, 0.6) is 0 Å². The predicted octanol–water partition coefficient (Wildman–Crippen LogP) is 3.79. The number of nitrogens with one attached hydrogen (secondary N) is 1. The van der Waals surface area contributed by atoms with Crippen molar-refractivity contribution in [1.29, 1.82) is 0 Å². The summed E-state index contributed by atoms with van der Waals surface area (Å²) in [6.07, 6.45) is -3.23. The molecule has 3 N–H and O–H groups in total. The van der Waals surface area contributed by atoms with Crippen LogP contribution in [-0.2, 0) is 6.18 Å². The van der Waals surface area contributed by atoms with Gasteiger partial charge in [0.25, 0.3) is 0 Å². The molecule has 0 aliphatic carbocycles. The van der Waals surface area contributed by atoms with Crippen molar-refractivity contribution in [3.8, 4) is 0 Å². The molecule has 1 aromatic heterocycles. The minimum absolute atomic E-state index is 0.418. The minimum Gasteiger partial charge on any atom is -0.271 e. The van der Waals surface area contributed by atoms with E-state index in [9.17, 15) is 13.2 Å². The molecule has 0 spiro atoms. The van der Waals surface area contributed by atoms with Crippen molar-refractivity contribution in [2.75, 3.05) is 0 Å². The third kappa shape index (κ3) is 3.20. The Balaban J connectivity index is 2.42. The maximum Gasteiger partial charge on any atom is 0.443 e. The fourth-order valence-corrected chi connectivity index (χ4v) is 3.04. The number of thiazole rings is 1. The monoisotopic (exact) mass is 365 g/mol. The summed E-state index contributed by atoms with van der Waals surface area (Å²) in [6, 6.07) is 5.03. The maximum atomic E-state index is 12.6. The summed E-state index contributed by atoms with van der Waals surface area (Å²) in [6.45, 7) is 1.87. The van der Waals surface area contributed by atoms with Crippen molar-refractivity contribution in [1.82, 2.24) is 10.4 Å². The van der Waals surface area contributed by atoms with Gasteiger partial charge in [0.05, 0.1) is 6.04 Å². The molecule has 0 bridgehead atoms. The van der Waals surface area contributed by atoms with Crippen LogP contribution in [0.25, 0.3) is 0 Å². The minimum atomic E-state index is -4.44. The first-order chi connectivity index (χ1) is 9.32. The van der Waals surface area contributed by atoms with E-state index in [2.05, 4.69) is 26.3 Å². The molecule has 1 aromatic carbocycles. The Labute approximate surface area is 126 Å². The van der Waals surface area contributed by atoms with Crippen LogP contribution in [0.4, 0.5) is 13.2 Å². The lowest BCUT2D eigenvalue weighted by Gasteiger charge is -2.17. The summed E-state index contributed by atoms with van der Waals surface area (Å²) < 4.78 is 38.6. The molecule has 0 saturated carbocycles. The van der Waals surface area contributed by atoms with Crippen LogP contribution >= 0.6 is 27.3 Å². The van der Waals surface area contributed by atoms with Gasteiger partial charge in [-0.25, -0.2) is 10.4 Å². The smallest absolute Gasteiger partial charge is 0.271 e. The predicted molar refractivity (Wildman–Crippen MR) is 75.2 cm³/mol. The first-order valence-corrected chi connectivity index (χ1v) is 7.19. The van der Waals surface area contributed by atoms with Gasteiger partial charge in [-0.3, -0.25) is 5.84 Å². The number of hydrogen-bond donors (Lipinski definition) is 2. The zero-order chi connectivity index (χ0) is 14.9. The summed E-state index contributed by atoms with van der Waals surface area (Å²) in [5.41, 5.74) is 4.28. The van der Waals surface area contributed by atoms with Gasteiger partial charge in [0, 0.05) is 15.5 Å². The number of nitrogens with zero attached hydrogens (tertiary/aromatic N) is 1. The SMILES string of the molecule is Cc1ccc(Br)cc1C(NN)c1cnc(C(F)(F)F)s1. The average Bonchev–Trinajstić information content (AvgIpc) is 2.84. The van der Waals surface area contributed by atoms with Gasteiger partial charge in [0.2, 0.25) is 0 Å². The van der Waals surface area contributed by atoms with E-state index in [0.717, 1.165) is 15.6 Å². The molecule has 0 aliphatic heterocycles. The zero-order valence-corrected chi connectivity index (χ0v) is 12.7. The fraction of sp³-hybridized carbons (Fsp3) is 0.250. The molecule has 20 heavy (non-hydrogen) atoms. The van der Waals surface area contributed by atoms with Gasteiger partial charge in [-0.2, -0.15) is 13.2 Å². The summed E-state index contributed by atoms with van der Waals surface area (Å²) in [7, 11) is 0. The Kier molecular flexibility index (Phi) is 4.48. The van der Waals surface area contributed by atoms with E-state index in [1.54, 1.807) is 0 Å². The van der Waals surface area contributed by atoms with Gasteiger partial charge >= 0.3 is 6.18 Å². The molecule has 0 fully saturated rings. The molecular formula is C12H11BrF3N3S. The number of aryl methyl sites for hydroxylation is 1. The third-order valence-corrected chi connectivity index (χ3v) is 4.37. The van der Waals surface area contributed by atoms with E-state index in [1.807, 2.05) is 25.1 Å². The number of alkyl halides is 3. The van der Waals surface area contributed by atoms with Gasteiger partial charge in [0.1, 0.15) is 0 Å². The van der Waals surface area contributed by atoms with Gasteiger partial charge in [-0.15, -0.1) is 11.3 Å². The molecule has 2 aromatic rings. The van der Waals surface area contributed by atoms with Crippen LogP contribution in [0.1, 0.15) is 27.1 Å². The highest BCUT2D eigenvalue weighted by Gasteiger charge is 2.35. The normalized spacial score (nSPS) is 13.5. The second-order valence-electron chi connectivity index (χ2n) is 4.17. The van der Waals surface area contributed by atoms with Crippen LogP contribution in [0, 0.1) is 6.92 Å². The lowest BCUT2D eigenvalue weighted by molar-refractivity contribution is -0.137. The van der Waals surface area contributed by atoms with E-state index < -0.39 is 17.2 Å². The number of halogens is 4. The Morgan fingerprint density at radius 2 is 2.10 bits per heavy atom. The van der Waals surface area contributed by atoms with Gasteiger partial charge < -0.3 is 0 Å². The third-order valence-electron chi connectivity index (χ3n) is 2.77. The average molecular weight is 366 g/mol. The van der Waals surface area contributed by atoms with Gasteiger partial charge in [-0.05, 0) is 30.2 Å². The molecular weight excluding hydrogens is 355 g/mol. The molecule has 3 nitrogen and oxygen atoms in total. The Hall–Kier alpha value is -0.960. The van der Waals surface area contributed by atoms with E-state index in [4.69, 9.17) is 5.84 Å². The number of rotatable bonds is 3. The maximum absolute atomic E-state index is 12.6. The highest BCUT2D eigenvalue weighted by atomic mass is 79.9. The van der Waals surface area contributed by atoms with Gasteiger partial charge in [0.15, 0.2) is 5.01 Å². The quantitative estimate of drug-likeness (QED) is 0.642. The van der Waals surface area contributed by atoms with Crippen molar-refractivity contribution in [3.63, 3.8) is 0 Å². The lowest BCUT2D eigenvalue weighted by atomic mass is 10.0. The number of benzene rings is 1. The Morgan fingerprint density at radius 3 is 2.65 bits per heavy atom. The van der Waals surface area contributed by atoms with Crippen molar-refractivity contribution >= 4 is 27.3 Å². The molecule has 2 rings (SSSR count). The summed E-state index contributed by atoms with van der Waals surface area (Å²) in [5, 5.41) is -0.875. The van der Waals surface area contributed by atoms with Crippen LogP contribution in [0.2, 0.25) is 0 Å². The van der Waals surface area contributed by atoms with E-state index in [1.165, 1.54) is 6.20 Å². The lowest BCUT2D eigenvalue weighted by Crippen LogP contribution is -2.28. The molecule has 0 aliphatic rings. The van der Waals surface area contributed by atoms with Crippen LogP contribution < -0.4 is 11.3 Å². The molecule has 108 valence electrons. The molecule has 1 atom stereocenters. The van der Waals surface area contributed by atoms with E-state index >= 15 is 0 Å². The molecule has 0 radical (unpaired) electrons. The van der Waals surface area contributed by atoms with Gasteiger partial charge in [-0.1, -0.05) is 22.0 Å². The molecule has 8 heteroatoms. The first-order valence-electron chi connectivity index (χ1n) is 5.58. The van der Waals surface area contributed by atoms with Crippen molar-refractivity contribution < 1.29 is 13.2 Å². The number of hydrazine groups is 1. The highest BCUT2D eigenvalue weighted by molar-refractivity contribution is 9.10. The van der Waals surface area contributed by atoms with Crippen LogP contribution in [0.3, 0.4) is 0 Å². The topological polar surface area (TPSA) is 50.9 Å². The van der Waals surface area contributed by atoms with Crippen molar-refractivity contribution in [2.45, 2.75) is 19.1 Å². The van der Waals surface area contributed by atoms with E-state index in [-0.39, 0.29) is 0 Å². The van der Waals surface area contributed by atoms with Crippen LogP contribution in [-0.4, -0.2) is 4.98 Å². The second kappa shape index (κ2) is 5.80. The summed E-state index contributed by atoms with van der Waals surface area (Å²) in [5.74, 6) is 5.51. The highest BCUT2D eigenvalue weighted by Crippen LogP contribution is 2.36. The molecule has 1 heterocycles. The molecule has 0 saturated heterocycles. The van der Waals surface area contributed by atoms with E-state index in [0.29, 0.717) is 16.2 Å². The molecule has 0 amide bonds. The van der Waals surface area contributed by atoms with Crippen molar-refractivity contribution in [3.05, 3.63) is 49.9 Å².